The van der Waals surface area contributed by atoms with Crippen LogP contribution in [0.3, 0.4) is 0 Å². The summed E-state index contributed by atoms with van der Waals surface area (Å²) in [5.41, 5.74) is 2.47. The highest BCUT2D eigenvalue weighted by molar-refractivity contribution is 7.13. The van der Waals surface area contributed by atoms with Crippen LogP contribution in [0.15, 0.2) is 42.0 Å². The van der Waals surface area contributed by atoms with Crippen LogP contribution in [-0.4, -0.2) is 9.97 Å². The fraction of sp³-hybridized carbons (Fsp3) is 0.0833. The van der Waals surface area contributed by atoms with Gasteiger partial charge in [-0.1, -0.05) is 12.1 Å². The Morgan fingerprint density at radius 1 is 1.31 bits per heavy atom. The van der Waals surface area contributed by atoms with Crippen LogP contribution in [0.1, 0.15) is 5.56 Å². The summed E-state index contributed by atoms with van der Waals surface area (Å²) in [5.74, 6) is 0. The highest BCUT2D eigenvalue weighted by atomic mass is 32.1. The monoisotopic (exact) mass is 229 g/mol. The molecule has 2 N–H and O–H groups in total. The topological polar surface area (TPSA) is 40.7 Å². The van der Waals surface area contributed by atoms with E-state index >= 15 is 0 Å². The summed E-state index contributed by atoms with van der Waals surface area (Å²) in [6, 6.07) is 8.39. The van der Waals surface area contributed by atoms with Gasteiger partial charge in [0.05, 0.1) is 0 Å². The molecular formula is C12H11N3S. The van der Waals surface area contributed by atoms with Gasteiger partial charge in [-0.3, -0.25) is 0 Å². The van der Waals surface area contributed by atoms with E-state index in [0.29, 0.717) is 0 Å². The van der Waals surface area contributed by atoms with Crippen LogP contribution in [0.4, 0.5) is 5.13 Å². The Balaban J connectivity index is 1.86. The second kappa shape index (κ2) is 3.98. The number of H-pyrrole nitrogens is 1. The average Bonchev–Trinajstić information content (AvgIpc) is 2.97. The molecule has 0 atom stereocenters. The molecule has 0 saturated heterocycles. The summed E-state index contributed by atoms with van der Waals surface area (Å²) in [4.78, 5) is 7.41. The van der Waals surface area contributed by atoms with Crippen molar-refractivity contribution in [2.75, 3.05) is 5.32 Å². The van der Waals surface area contributed by atoms with E-state index in [9.17, 15) is 0 Å². The van der Waals surface area contributed by atoms with E-state index in [4.69, 9.17) is 0 Å². The van der Waals surface area contributed by atoms with E-state index in [-0.39, 0.29) is 0 Å². The van der Waals surface area contributed by atoms with Crippen molar-refractivity contribution in [1.82, 2.24) is 9.97 Å². The van der Waals surface area contributed by atoms with Crippen LogP contribution < -0.4 is 5.32 Å². The number of fused-ring (bicyclic) bond motifs is 1. The Bertz CT molecular complexity index is 583. The van der Waals surface area contributed by atoms with Gasteiger partial charge in [-0.15, -0.1) is 11.3 Å². The van der Waals surface area contributed by atoms with Crippen LogP contribution >= 0.6 is 11.3 Å². The van der Waals surface area contributed by atoms with Crippen molar-refractivity contribution in [3.05, 3.63) is 47.6 Å². The number of hydrogen-bond acceptors (Lipinski definition) is 3. The molecule has 1 aromatic carbocycles. The lowest BCUT2D eigenvalue weighted by Crippen LogP contribution is -1.98. The molecule has 80 valence electrons. The molecule has 4 heteroatoms. The van der Waals surface area contributed by atoms with Crippen LogP contribution in [-0.2, 0) is 6.54 Å². The number of nitrogens with one attached hydrogen (secondary N) is 2. The Kier molecular flexibility index (Phi) is 2.34. The van der Waals surface area contributed by atoms with Crippen molar-refractivity contribution in [2.24, 2.45) is 0 Å². The number of anilines is 1. The molecule has 2 aromatic heterocycles. The van der Waals surface area contributed by atoms with E-state index in [1.54, 1.807) is 11.3 Å². The maximum atomic E-state index is 4.20. The van der Waals surface area contributed by atoms with E-state index in [1.807, 2.05) is 17.8 Å². The number of rotatable bonds is 3. The third-order valence-electron chi connectivity index (χ3n) is 2.55. The molecule has 0 radical (unpaired) electrons. The molecular weight excluding hydrogens is 218 g/mol. The number of thiazole rings is 1. The molecule has 0 unspecified atom stereocenters. The zero-order valence-electron chi connectivity index (χ0n) is 8.60. The van der Waals surface area contributed by atoms with E-state index in [1.165, 1.54) is 16.5 Å². The molecule has 3 rings (SSSR count). The summed E-state index contributed by atoms with van der Waals surface area (Å²) >= 11 is 1.62. The minimum Gasteiger partial charge on any atom is -0.361 e. The number of aromatic nitrogens is 2. The van der Waals surface area contributed by atoms with Crippen LogP contribution in [0, 0.1) is 0 Å². The van der Waals surface area contributed by atoms with Crippen molar-refractivity contribution in [3.8, 4) is 0 Å². The lowest BCUT2D eigenvalue weighted by Gasteiger charge is -2.04. The third-order valence-corrected chi connectivity index (χ3v) is 3.28. The molecule has 0 aliphatic carbocycles. The fourth-order valence-electron chi connectivity index (χ4n) is 1.79. The Hall–Kier alpha value is -1.81. The maximum Gasteiger partial charge on any atom is 0.182 e. The summed E-state index contributed by atoms with van der Waals surface area (Å²) < 4.78 is 0. The summed E-state index contributed by atoms with van der Waals surface area (Å²) in [5, 5.41) is 7.52. The zero-order valence-corrected chi connectivity index (χ0v) is 9.42. The van der Waals surface area contributed by atoms with Gasteiger partial charge in [0, 0.05) is 35.2 Å². The molecule has 0 spiro atoms. The maximum absolute atomic E-state index is 4.20. The fourth-order valence-corrected chi connectivity index (χ4v) is 2.31. The molecule has 0 bridgehead atoms. The Labute approximate surface area is 97.2 Å². The minimum absolute atomic E-state index is 0.808. The number of aromatic amines is 1. The van der Waals surface area contributed by atoms with Crippen LogP contribution in [0.2, 0.25) is 0 Å². The van der Waals surface area contributed by atoms with E-state index < -0.39 is 0 Å². The minimum atomic E-state index is 0.808. The smallest absolute Gasteiger partial charge is 0.182 e. The van der Waals surface area contributed by atoms with Crippen molar-refractivity contribution >= 4 is 27.4 Å². The summed E-state index contributed by atoms with van der Waals surface area (Å²) in [6.07, 6.45) is 3.78. The first-order valence-corrected chi connectivity index (χ1v) is 6.00. The molecule has 16 heavy (non-hydrogen) atoms. The second-order valence-electron chi connectivity index (χ2n) is 3.55. The van der Waals surface area contributed by atoms with E-state index in [2.05, 4.69) is 39.6 Å². The molecule has 0 fully saturated rings. The van der Waals surface area contributed by atoms with Gasteiger partial charge in [0.15, 0.2) is 5.13 Å². The van der Waals surface area contributed by atoms with Gasteiger partial charge in [-0.05, 0) is 17.7 Å². The van der Waals surface area contributed by atoms with Gasteiger partial charge >= 0.3 is 0 Å². The number of hydrogen-bond donors (Lipinski definition) is 2. The standard InChI is InChI=1S/C12H11N3S/c1-2-9(8-15-12-14-6-7-16-12)10-4-5-13-11(10)3-1/h1-7,13H,8H2,(H,14,15). The number of nitrogens with zero attached hydrogens (tertiary/aromatic N) is 1. The van der Waals surface area contributed by atoms with Crippen molar-refractivity contribution in [2.45, 2.75) is 6.54 Å². The molecule has 3 nitrogen and oxygen atoms in total. The molecule has 3 aromatic rings. The van der Waals surface area contributed by atoms with Crippen molar-refractivity contribution in [3.63, 3.8) is 0 Å². The number of benzene rings is 1. The second-order valence-corrected chi connectivity index (χ2v) is 4.44. The summed E-state index contributed by atoms with van der Waals surface area (Å²) in [7, 11) is 0. The molecule has 0 aliphatic rings. The molecule has 2 heterocycles. The van der Waals surface area contributed by atoms with Gasteiger partial charge in [-0.25, -0.2) is 4.98 Å². The van der Waals surface area contributed by atoms with Gasteiger partial charge in [0.25, 0.3) is 0 Å². The first kappa shape index (κ1) is 9.42. The SMILES string of the molecule is c1cc(CNc2nccs2)c2cc[nH]c2c1. The third kappa shape index (κ3) is 1.67. The van der Waals surface area contributed by atoms with Crippen molar-refractivity contribution in [1.29, 1.82) is 0 Å². The first-order valence-electron chi connectivity index (χ1n) is 5.12. The van der Waals surface area contributed by atoms with Crippen LogP contribution in [0.5, 0.6) is 0 Å². The predicted octanol–water partition coefficient (Wildman–Crippen LogP) is 3.24. The summed E-state index contributed by atoms with van der Waals surface area (Å²) in [6.45, 7) is 0.808. The quantitative estimate of drug-likeness (QED) is 0.724. The van der Waals surface area contributed by atoms with Crippen molar-refractivity contribution < 1.29 is 0 Å². The highest BCUT2D eigenvalue weighted by Crippen LogP contribution is 2.19. The predicted molar refractivity (Wildman–Crippen MR) is 67.7 cm³/mol. The van der Waals surface area contributed by atoms with Gasteiger partial charge < -0.3 is 10.3 Å². The Morgan fingerprint density at radius 3 is 3.19 bits per heavy atom. The largest absolute Gasteiger partial charge is 0.361 e. The van der Waals surface area contributed by atoms with Gasteiger partial charge in [-0.2, -0.15) is 0 Å². The van der Waals surface area contributed by atoms with E-state index in [0.717, 1.165) is 11.7 Å². The zero-order chi connectivity index (χ0) is 10.8. The van der Waals surface area contributed by atoms with Gasteiger partial charge in [0.2, 0.25) is 0 Å². The van der Waals surface area contributed by atoms with Gasteiger partial charge in [0.1, 0.15) is 0 Å². The lowest BCUT2D eigenvalue weighted by atomic mass is 10.1. The normalized spacial score (nSPS) is 10.8. The highest BCUT2D eigenvalue weighted by Gasteiger charge is 2.01. The molecule has 0 saturated carbocycles. The lowest BCUT2D eigenvalue weighted by molar-refractivity contribution is 1.15. The van der Waals surface area contributed by atoms with Crippen LogP contribution in [0.25, 0.3) is 10.9 Å². The molecule has 0 aliphatic heterocycles. The average molecular weight is 229 g/mol. The Morgan fingerprint density at radius 2 is 2.31 bits per heavy atom. The molecule has 0 amide bonds. The first-order chi connectivity index (χ1) is 7.93.